The Hall–Kier alpha value is -1.62. The van der Waals surface area contributed by atoms with Crippen LogP contribution in [0.4, 0.5) is 5.00 Å². The van der Waals surface area contributed by atoms with E-state index in [9.17, 15) is 4.79 Å². The topological polar surface area (TPSA) is 45.2 Å². The van der Waals surface area contributed by atoms with Crippen LogP contribution in [0.3, 0.4) is 0 Å². The Morgan fingerprint density at radius 2 is 2.05 bits per heavy atom. The Bertz CT molecular complexity index is 590. The number of likely N-dealkylation sites (tertiary alicyclic amines) is 1. The second kappa shape index (κ2) is 6.22. The first-order valence-electron chi connectivity index (χ1n) is 7.20. The minimum atomic E-state index is 0.269. The summed E-state index contributed by atoms with van der Waals surface area (Å²) in [6.07, 6.45) is 4.12. The number of rotatable bonds is 4. The number of hydrogen-bond acceptors (Lipinski definition) is 4. The molecule has 0 atom stereocenters. The summed E-state index contributed by atoms with van der Waals surface area (Å²) in [4.78, 5) is 14.1. The smallest absolute Gasteiger partial charge is 0.224 e. The first-order chi connectivity index (χ1) is 9.84. The average molecular weight is 289 g/mol. The van der Waals surface area contributed by atoms with Gasteiger partial charge in [0.05, 0.1) is 5.52 Å². The summed E-state index contributed by atoms with van der Waals surface area (Å²) >= 11 is 1.46. The van der Waals surface area contributed by atoms with E-state index in [0.29, 0.717) is 13.0 Å². The van der Waals surface area contributed by atoms with E-state index >= 15 is 0 Å². The third kappa shape index (κ3) is 2.93. The molecule has 1 fully saturated rings. The molecule has 1 aromatic carbocycles. The number of piperidine rings is 1. The molecule has 1 amide bonds. The van der Waals surface area contributed by atoms with Gasteiger partial charge in [0.15, 0.2) is 0 Å². The summed E-state index contributed by atoms with van der Waals surface area (Å²) in [7, 11) is 0. The normalized spacial score (nSPS) is 15.5. The molecule has 1 saturated heterocycles. The van der Waals surface area contributed by atoms with Gasteiger partial charge in [0, 0.05) is 31.4 Å². The molecule has 0 spiro atoms. The van der Waals surface area contributed by atoms with Crippen molar-refractivity contribution in [3.8, 4) is 0 Å². The number of hydrogen-bond donors (Lipinski definition) is 1. The molecule has 2 heterocycles. The molecule has 0 aliphatic carbocycles. The molecule has 0 bridgehead atoms. The predicted molar refractivity (Wildman–Crippen MR) is 83.2 cm³/mol. The Labute approximate surface area is 122 Å². The maximum atomic E-state index is 12.1. The first-order valence-corrected chi connectivity index (χ1v) is 7.98. The third-order valence-electron chi connectivity index (χ3n) is 3.72. The first kappa shape index (κ1) is 13.4. The van der Waals surface area contributed by atoms with Gasteiger partial charge in [0.2, 0.25) is 5.91 Å². The molecule has 3 rings (SSSR count). The van der Waals surface area contributed by atoms with Gasteiger partial charge in [-0.15, -0.1) is 0 Å². The fraction of sp³-hybridized carbons (Fsp3) is 0.467. The molecule has 20 heavy (non-hydrogen) atoms. The average Bonchev–Trinajstić information content (AvgIpc) is 2.92. The number of nitrogens with zero attached hydrogens (tertiary/aromatic N) is 2. The van der Waals surface area contributed by atoms with E-state index in [0.717, 1.165) is 41.8 Å². The molecule has 106 valence electrons. The highest BCUT2D eigenvalue weighted by Gasteiger charge is 2.15. The number of nitrogens with one attached hydrogen (secondary N) is 1. The van der Waals surface area contributed by atoms with Crippen molar-refractivity contribution >= 4 is 33.3 Å². The van der Waals surface area contributed by atoms with Crippen molar-refractivity contribution in [1.82, 2.24) is 9.27 Å². The minimum absolute atomic E-state index is 0.269. The maximum Gasteiger partial charge on any atom is 0.224 e. The molecule has 1 aliphatic heterocycles. The van der Waals surface area contributed by atoms with Crippen molar-refractivity contribution in [3.05, 3.63) is 24.3 Å². The number of aromatic nitrogens is 1. The zero-order valence-electron chi connectivity index (χ0n) is 11.5. The number of benzene rings is 1. The van der Waals surface area contributed by atoms with Gasteiger partial charge in [-0.1, -0.05) is 12.1 Å². The number of carbonyl (C=O) groups excluding carboxylic acids is 1. The lowest BCUT2D eigenvalue weighted by atomic mass is 10.1. The SMILES string of the molecule is O=C(CCNc1snc2ccccc12)N1CCCCC1. The van der Waals surface area contributed by atoms with Gasteiger partial charge in [-0.3, -0.25) is 4.79 Å². The van der Waals surface area contributed by atoms with Crippen LogP contribution in [-0.4, -0.2) is 34.8 Å². The second-order valence-corrected chi connectivity index (χ2v) is 5.92. The molecule has 0 radical (unpaired) electrons. The van der Waals surface area contributed by atoms with Crippen molar-refractivity contribution in [2.75, 3.05) is 25.0 Å². The van der Waals surface area contributed by atoms with Crippen molar-refractivity contribution in [2.45, 2.75) is 25.7 Å². The fourth-order valence-electron chi connectivity index (χ4n) is 2.60. The predicted octanol–water partition coefficient (Wildman–Crippen LogP) is 3.11. The lowest BCUT2D eigenvalue weighted by molar-refractivity contribution is -0.131. The van der Waals surface area contributed by atoms with Crippen LogP contribution in [0.15, 0.2) is 24.3 Å². The number of fused-ring (bicyclic) bond motifs is 1. The van der Waals surface area contributed by atoms with Crippen molar-refractivity contribution in [2.24, 2.45) is 0 Å². The Morgan fingerprint density at radius 1 is 1.25 bits per heavy atom. The summed E-state index contributed by atoms with van der Waals surface area (Å²) in [5.41, 5.74) is 1.02. The third-order valence-corrected chi connectivity index (χ3v) is 4.55. The van der Waals surface area contributed by atoms with Crippen LogP contribution in [0.1, 0.15) is 25.7 Å². The highest BCUT2D eigenvalue weighted by molar-refractivity contribution is 7.11. The molecule has 1 aromatic heterocycles. The zero-order chi connectivity index (χ0) is 13.8. The van der Waals surface area contributed by atoms with Gasteiger partial charge in [-0.25, -0.2) is 0 Å². The molecule has 1 aliphatic rings. The van der Waals surface area contributed by atoms with E-state index in [4.69, 9.17) is 0 Å². The molecule has 0 unspecified atom stereocenters. The van der Waals surface area contributed by atoms with Crippen molar-refractivity contribution in [3.63, 3.8) is 0 Å². The molecule has 5 heteroatoms. The maximum absolute atomic E-state index is 12.1. The molecule has 0 saturated carbocycles. The fourth-order valence-corrected chi connectivity index (χ4v) is 3.39. The number of anilines is 1. The molecule has 2 aromatic rings. The lowest BCUT2D eigenvalue weighted by Crippen LogP contribution is -2.36. The minimum Gasteiger partial charge on any atom is -0.375 e. The second-order valence-electron chi connectivity index (χ2n) is 5.15. The van der Waals surface area contributed by atoms with Crippen LogP contribution in [0.25, 0.3) is 10.9 Å². The monoisotopic (exact) mass is 289 g/mol. The summed E-state index contributed by atoms with van der Waals surface area (Å²) in [6.45, 7) is 2.55. The molecule has 1 N–H and O–H groups in total. The number of carbonyl (C=O) groups is 1. The van der Waals surface area contributed by atoms with Crippen LogP contribution < -0.4 is 5.32 Å². The van der Waals surface area contributed by atoms with Crippen LogP contribution in [0.5, 0.6) is 0 Å². The van der Waals surface area contributed by atoms with Crippen molar-refractivity contribution in [1.29, 1.82) is 0 Å². The standard InChI is InChI=1S/C15H19N3OS/c19-14(18-10-4-1-5-11-18)8-9-16-15-12-6-2-3-7-13(12)17-20-15/h2-3,6-7,16H,1,4-5,8-11H2. The van der Waals surface area contributed by atoms with Gasteiger partial charge in [0.1, 0.15) is 5.00 Å². The van der Waals surface area contributed by atoms with Gasteiger partial charge < -0.3 is 10.2 Å². The highest BCUT2D eigenvalue weighted by atomic mass is 32.1. The zero-order valence-corrected chi connectivity index (χ0v) is 12.3. The van der Waals surface area contributed by atoms with Gasteiger partial charge in [-0.05, 0) is 42.9 Å². The molecular weight excluding hydrogens is 270 g/mol. The summed E-state index contributed by atoms with van der Waals surface area (Å²) in [5.74, 6) is 0.269. The largest absolute Gasteiger partial charge is 0.375 e. The van der Waals surface area contributed by atoms with E-state index in [-0.39, 0.29) is 5.91 Å². The molecule has 4 nitrogen and oxygen atoms in total. The highest BCUT2D eigenvalue weighted by Crippen LogP contribution is 2.27. The van der Waals surface area contributed by atoms with Crippen LogP contribution in [0, 0.1) is 0 Å². The number of amides is 1. The summed E-state index contributed by atoms with van der Waals surface area (Å²) < 4.78 is 4.39. The summed E-state index contributed by atoms with van der Waals surface area (Å²) in [5, 5.41) is 5.55. The van der Waals surface area contributed by atoms with Crippen LogP contribution in [-0.2, 0) is 4.79 Å². The van der Waals surface area contributed by atoms with E-state index in [2.05, 4.69) is 15.8 Å². The van der Waals surface area contributed by atoms with Gasteiger partial charge in [0.25, 0.3) is 0 Å². The quantitative estimate of drug-likeness (QED) is 0.940. The Balaban J connectivity index is 1.53. The molecular formula is C15H19N3OS. The van der Waals surface area contributed by atoms with E-state index < -0.39 is 0 Å². The Kier molecular flexibility index (Phi) is 4.16. The van der Waals surface area contributed by atoms with Crippen LogP contribution >= 0.6 is 11.5 Å². The van der Waals surface area contributed by atoms with E-state index in [1.807, 2.05) is 23.1 Å². The van der Waals surface area contributed by atoms with Gasteiger partial charge >= 0.3 is 0 Å². The Morgan fingerprint density at radius 3 is 2.90 bits per heavy atom. The van der Waals surface area contributed by atoms with E-state index in [1.165, 1.54) is 18.0 Å². The van der Waals surface area contributed by atoms with Gasteiger partial charge in [-0.2, -0.15) is 4.37 Å². The lowest BCUT2D eigenvalue weighted by Gasteiger charge is -2.26. The van der Waals surface area contributed by atoms with Crippen LogP contribution in [0.2, 0.25) is 0 Å². The van der Waals surface area contributed by atoms with E-state index in [1.54, 1.807) is 0 Å². The summed E-state index contributed by atoms with van der Waals surface area (Å²) in [6, 6.07) is 8.08. The van der Waals surface area contributed by atoms with Crippen molar-refractivity contribution < 1.29 is 4.79 Å².